The summed E-state index contributed by atoms with van der Waals surface area (Å²) in [4.78, 5) is 0. The van der Waals surface area contributed by atoms with E-state index in [0.29, 0.717) is 6.04 Å². The van der Waals surface area contributed by atoms with Gasteiger partial charge in [-0.15, -0.1) is 0 Å². The molecule has 2 aromatic carbocycles. The van der Waals surface area contributed by atoms with Gasteiger partial charge in [0.2, 0.25) is 0 Å². The summed E-state index contributed by atoms with van der Waals surface area (Å²) in [6, 6.07) is 16.0. The predicted octanol–water partition coefficient (Wildman–Crippen LogP) is 4.29. The molecule has 0 fully saturated rings. The molecule has 0 aliphatic heterocycles. The number of likely N-dealkylation sites (N-methyl/N-ethyl adjacent to an activating group) is 1. The number of benzene rings is 2. The number of halogens is 1. The van der Waals surface area contributed by atoms with Crippen molar-refractivity contribution < 1.29 is 4.39 Å². The van der Waals surface area contributed by atoms with E-state index in [2.05, 4.69) is 43.4 Å². The summed E-state index contributed by atoms with van der Waals surface area (Å²) in [6.07, 6.45) is 2.78. The van der Waals surface area contributed by atoms with E-state index in [1.807, 2.05) is 12.1 Å². The Hall–Kier alpha value is -1.67. The molecule has 0 aliphatic carbocycles. The molecule has 1 unspecified atom stereocenters. The highest BCUT2D eigenvalue weighted by atomic mass is 19.1. The molecular formula is C19H24FN. The van der Waals surface area contributed by atoms with Crippen molar-refractivity contribution in [3.8, 4) is 0 Å². The Kier molecular flexibility index (Phi) is 5.94. The van der Waals surface area contributed by atoms with Crippen LogP contribution in [0.4, 0.5) is 4.39 Å². The Morgan fingerprint density at radius 2 is 1.90 bits per heavy atom. The average molecular weight is 285 g/mol. The topological polar surface area (TPSA) is 12.0 Å². The summed E-state index contributed by atoms with van der Waals surface area (Å²) in [7, 11) is 0. The lowest BCUT2D eigenvalue weighted by Crippen LogP contribution is -2.31. The monoisotopic (exact) mass is 285 g/mol. The van der Waals surface area contributed by atoms with Gasteiger partial charge < -0.3 is 5.32 Å². The van der Waals surface area contributed by atoms with Crippen LogP contribution in [-0.4, -0.2) is 12.6 Å². The summed E-state index contributed by atoms with van der Waals surface area (Å²) in [5.74, 6) is -0.101. The fourth-order valence-electron chi connectivity index (χ4n) is 2.70. The Balaban J connectivity index is 1.97. The molecule has 112 valence electrons. The van der Waals surface area contributed by atoms with Gasteiger partial charge in [0, 0.05) is 6.04 Å². The van der Waals surface area contributed by atoms with Crippen LogP contribution in [0.15, 0.2) is 48.5 Å². The number of hydrogen-bond acceptors (Lipinski definition) is 1. The second kappa shape index (κ2) is 7.94. The Morgan fingerprint density at radius 1 is 1.10 bits per heavy atom. The van der Waals surface area contributed by atoms with E-state index in [4.69, 9.17) is 0 Å². The minimum atomic E-state index is -0.101. The maximum atomic E-state index is 13.8. The molecule has 2 rings (SSSR count). The van der Waals surface area contributed by atoms with Gasteiger partial charge in [0.05, 0.1) is 0 Å². The van der Waals surface area contributed by atoms with Gasteiger partial charge in [0.1, 0.15) is 5.82 Å². The first-order valence-electron chi connectivity index (χ1n) is 7.71. The van der Waals surface area contributed by atoms with Crippen molar-refractivity contribution in [1.29, 1.82) is 0 Å². The van der Waals surface area contributed by atoms with E-state index < -0.39 is 0 Å². The highest BCUT2D eigenvalue weighted by Crippen LogP contribution is 2.14. The van der Waals surface area contributed by atoms with Crippen molar-refractivity contribution in [3.63, 3.8) is 0 Å². The third kappa shape index (κ3) is 4.98. The van der Waals surface area contributed by atoms with Crippen LogP contribution in [0.5, 0.6) is 0 Å². The van der Waals surface area contributed by atoms with Gasteiger partial charge in [0.25, 0.3) is 0 Å². The normalized spacial score (nSPS) is 12.3. The van der Waals surface area contributed by atoms with E-state index >= 15 is 0 Å². The van der Waals surface area contributed by atoms with Gasteiger partial charge in [-0.3, -0.25) is 0 Å². The fraction of sp³-hybridized carbons (Fsp3) is 0.368. The molecule has 2 aromatic rings. The van der Waals surface area contributed by atoms with Gasteiger partial charge in [-0.1, -0.05) is 55.0 Å². The van der Waals surface area contributed by atoms with E-state index in [0.717, 1.165) is 31.4 Å². The summed E-state index contributed by atoms with van der Waals surface area (Å²) < 4.78 is 13.8. The summed E-state index contributed by atoms with van der Waals surface area (Å²) >= 11 is 0. The van der Waals surface area contributed by atoms with E-state index in [9.17, 15) is 4.39 Å². The lowest BCUT2D eigenvalue weighted by atomic mass is 9.98. The standard InChI is InChI=1S/C19H24FN/c1-3-21-18(14-17-9-4-5-10-19(17)20)12-11-16-8-6-7-15(2)13-16/h4-10,13,18,21H,3,11-12,14H2,1-2H3. The molecule has 2 heteroatoms. The minimum absolute atomic E-state index is 0.101. The van der Waals surface area contributed by atoms with Crippen LogP contribution in [-0.2, 0) is 12.8 Å². The lowest BCUT2D eigenvalue weighted by Gasteiger charge is -2.18. The van der Waals surface area contributed by atoms with Crippen LogP contribution < -0.4 is 5.32 Å². The van der Waals surface area contributed by atoms with E-state index in [-0.39, 0.29) is 5.82 Å². The van der Waals surface area contributed by atoms with Crippen molar-refractivity contribution in [2.75, 3.05) is 6.54 Å². The largest absolute Gasteiger partial charge is 0.314 e. The van der Waals surface area contributed by atoms with Gasteiger partial charge in [-0.25, -0.2) is 4.39 Å². The van der Waals surface area contributed by atoms with Crippen molar-refractivity contribution in [2.45, 2.75) is 39.2 Å². The van der Waals surface area contributed by atoms with Crippen LogP contribution in [0.2, 0.25) is 0 Å². The first kappa shape index (κ1) is 15.7. The Labute approximate surface area is 127 Å². The molecule has 0 saturated heterocycles. The Bertz CT molecular complexity index is 565. The summed E-state index contributed by atoms with van der Waals surface area (Å²) in [5, 5.41) is 3.48. The molecule has 0 aromatic heterocycles. The zero-order valence-corrected chi connectivity index (χ0v) is 12.9. The minimum Gasteiger partial charge on any atom is -0.314 e. The molecule has 21 heavy (non-hydrogen) atoms. The molecule has 0 aliphatic rings. The van der Waals surface area contributed by atoms with Crippen LogP contribution in [0.3, 0.4) is 0 Å². The molecule has 0 amide bonds. The van der Waals surface area contributed by atoms with Gasteiger partial charge in [-0.2, -0.15) is 0 Å². The molecule has 0 radical (unpaired) electrons. The molecule has 1 N–H and O–H groups in total. The van der Waals surface area contributed by atoms with Crippen molar-refractivity contribution in [1.82, 2.24) is 5.32 Å². The van der Waals surface area contributed by atoms with Gasteiger partial charge in [-0.05, 0) is 49.9 Å². The molecule has 0 bridgehead atoms. The van der Waals surface area contributed by atoms with Crippen molar-refractivity contribution in [3.05, 3.63) is 71.0 Å². The number of nitrogens with one attached hydrogen (secondary N) is 1. The quantitative estimate of drug-likeness (QED) is 0.800. The SMILES string of the molecule is CCNC(CCc1cccc(C)c1)Cc1ccccc1F. The lowest BCUT2D eigenvalue weighted by molar-refractivity contribution is 0.480. The summed E-state index contributed by atoms with van der Waals surface area (Å²) in [5.41, 5.74) is 3.45. The van der Waals surface area contributed by atoms with Crippen LogP contribution in [0.25, 0.3) is 0 Å². The van der Waals surface area contributed by atoms with Crippen LogP contribution >= 0.6 is 0 Å². The third-order valence-electron chi connectivity index (χ3n) is 3.78. The van der Waals surface area contributed by atoms with Crippen LogP contribution in [0.1, 0.15) is 30.0 Å². The maximum absolute atomic E-state index is 13.8. The van der Waals surface area contributed by atoms with Gasteiger partial charge >= 0.3 is 0 Å². The highest BCUT2D eigenvalue weighted by Gasteiger charge is 2.11. The molecular weight excluding hydrogens is 261 g/mol. The van der Waals surface area contributed by atoms with Crippen molar-refractivity contribution >= 4 is 0 Å². The zero-order chi connectivity index (χ0) is 15.1. The van der Waals surface area contributed by atoms with E-state index in [1.54, 1.807) is 12.1 Å². The first-order valence-corrected chi connectivity index (χ1v) is 7.71. The first-order chi connectivity index (χ1) is 10.2. The second-order valence-corrected chi connectivity index (χ2v) is 5.58. The highest BCUT2D eigenvalue weighted by molar-refractivity contribution is 5.23. The molecule has 0 saturated carbocycles. The van der Waals surface area contributed by atoms with Crippen molar-refractivity contribution in [2.24, 2.45) is 0 Å². The molecule has 1 atom stereocenters. The molecule has 0 heterocycles. The Morgan fingerprint density at radius 3 is 2.62 bits per heavy atom. The third-order valence-corrected chi connectivity index (χ3v) is 3.78. The average Bonchev–Trinajstić information content (AvgIpc) is 2.47. The smallest absolute Gasteiger partial charge is 0.126 e. The zero-order valence-electron chi connectivity index (χ0n) is 12.9. The fourth-order valence-corrected chi connectivity index (χ4v) is 2.70. The number of aryl methyl sites for hydroxylation is 2. The number of hydrogen-bond donors (Lipinski definition) is 1. The van der Waals surface area contributed by atoms with E-state index in [1.165, 1.54) is 11.1 Å². The maximum Gasteiger partial charge on any atom is 0.126 e. The van der Waals surface area contributed by atoms with Gasteiger partial charge in [0.15, 0.2) is 0 Å². The molecule has 0 spiro atoms. The van der Waals surface area contributed by atoms with Crippen LogP contribution in [0, 0.1) is 12.7 Å². The predicted molar refractivity (Wildman–Crippen MR) is 87.1 cm³/mol. The molecule has 1 nitrogen and oxygen atoms in total. The number of rotatable bonds is 7. The summed E-state index contributed by atoms with van der Waals surface area (Å²) in [6.45, 7) is 5.12. The second-order valence-electron chi connectivity index (χ2n) is 5.58.